The van der Waals surface area contributed by atoms with Gasteiger partial charge in [-0.15, -0.1) is 0 Å². The summed E-state index contributed by atoms with van der Waals surface area (Å²) in [4.78, 5) is 10.3. The first-order valence-electron chi connectivity index (χ1n) is 12.6. The fourth-order valence-electron chi connectivity index (χ4n) is 5.61. The van der Waals surface area contributed by atoms with Gasteiger partial charge >= 0.3 is 0 Å². The Balaban J connectivity index is 1.49. The highest BCUT2D eigenvalue weighted by atomic mass is 35.5. The fraction of sp³-hybridized carbons (Fsp3) is 0. The van der Waals surface area contributed by atoms with E-state index in [1.54, 1.807) is 0 Å². The number of hydrogen-bond donors (Lipinski definition) is 0. The van der Waals surface area contributed by atoms with Crippen LogP contribution in [0.1, 0.15) is 0 Å². The highest BCUT2D eigenvalue weighted by molar-refractivity contribution is 6.32. The van der Waals surface area contributed by atoms with Gasteiger partial charge in [0.05, 0.1) is 22.2 Å². The van der Waals surface area contributed by atoms with Crippen LogP contribution in [0.5, 0.6) is 0 Å². The molecule has 8 aromatic rings. The lowest BCUT2D eigenvalue weighted by atomic mass is 10.0. The Morgan fingerprint density at radius 2 is 1.18 bits per heavy atom. The molecule has 0 saturated heterocycles. The molecule has 0 N–H and O–H groups in total. The summed E-state index contributed by atoms with van der Waals surface area (Å²) >= 11 is 6.48. The van der Waals surface area contributed by atoms with Crippen molar-refractivity contribution in [2.75, 3.05) is 0 Å². The van der Waals surface area contributed by atoms with Crippen molar-refractivity contribution in [1.29, 1.82) is 0 Å². The molecule has 0 spiro atoms. The van der Waals surface area contributed by atoms with Crippen LogP contribution in [0.3, 0.4) is 0 Å². The Morgan fingerprint density at radius 1 is 0.500 bits per heavy atom. The van der Waals surface area contributed by atoms with E-state index >= 15 is 0 Å². The van der Waals surface area contributed by atoms with E-state index in [2.05, 4.69) is 102 Å². The smallest absolute Gasteiger partial charge is 0.235 e. The van der Waals surface area contributed by atoms with Crippen molar-refractivity contribution in [2.24, 2.45) is 0 Å². The Morgan fingerprint density at radius 3 is 2.03 bits per heavy atom. The van der Waals surface area contributed by atoms with Crippen molar-refractivity contribution >= 4 is 65.9 Å². The Hall–Kier alpha value is -4.73. The molecule has 6 aromatic carbocycles. The quantitative estimate of drug-likeness (QED) is 0.234. The summed E-state index contributed by atoms with van der Waals surface area (Å²) in [5, 5.41) is 8.71. The molecule has 0 saturated carbocycles. The first kappa shape index (κ1) is 21.4. The standard InChI is InChI=1S/C34H20ClN3/c35-26-15-16-31-29(20-26)28-18-23-9-3-4-10-24(23)19-32(28)38(31)34-36-30-12-6-5-11-27(30)33(37-34)25-14-13-21-7-1-2-8-22(21)17-25/h1-20H. The van der Waals surface area contributed by atoms with E-state index in [4.69, 9.17) is 21.6 Å². The lowest BCUT2D eigenvalue weighted by molar-refractivity contribution is 1.01. The minimum absolute atomic E-state index is 0.643. The highest BCUT2D eigenvalue weighted by Crippen LogP contribution is 2.37. The van der Waals surface area contributed by atoms with Crippen LogP contribution in [-0.2, 0) is 0 Å². The summed E-state index contributed by atoms with van der Waals surface area (Å²) in [5.74, 6) is 0.643. The minimum atomic E-state index is 0.643. The van der Waals surface area contributed by atoms with Crippen LogP contribution in [0.15, 0.2) is 121 Å². The lowest BCUT2D eigenvalue weighted by Crippen LogP contribution is -2.03. The zero-order valence-electron chi connectivity index (χ0n) is 20.3. The normalized spacial score (nSPS) is 11.8. The van der Waals surface area contributed by atoms with Gasteiger partial charge in [-0.05, 0) is 64.0 Å². The number of aromatic nitrogens is 3. The van der Waals surface area contributed by atoms with E-state index in [0.717, 1.165) is 44.0 Å². The van der Waals surface area contributed by atoms with E-state index in [1.807, 2.05) is 24.3 Å². The molecule has 38 heavy (non-hydrogen) atoms. The van der Waals surface area contributed by atoms with Gasteiger partial charge in [-0.3, -0.25) is 4.57 Å². The summed E-state index contributed by atoms with van der Waals surface area (Å²) in [6.45, 7) is 0. The molecule has 0 fully saturated rings. The van der Waals surface area contributed by atoms with E-state index in [-0.39, 0.29) is 0 Å². The van der Waals surface area contributed by atoms with Crippen molar-refractivity contribution in [3.8, 4) is 17.2 Å². The van der Waals surface area contributed by atoms with Crippen molar-refractivity contribution < 1.29 is 0 Å². The third-order valence-corrected chi connectivity index (χ3v) is 7.64. The van der Waals surface area contributed by atoms with Gasteiger partial charge in [-0.2, -0.15) is 0 Å². The number of benzene rings is 6. The third-order valence-electron chi connectivity index (χ3n) is 7.41. The second kappa shape index (κ2) is 8.14. The molecule has 2 aromatic heterocycles. The fourth-order valence-corrected chi connectivity index (χ4v) is 5.79. The maximum Gasteiger partial charge on any atom is 0.235 e. The largest absolute Gasteiger partial charge is 0.278 e. The average molecular weight is 506 g/mol. The predicted octanol–water partition coefficient (Wildman–Crippen LogP) is 9.35. The molecule has 0 radical (unpaired) electrons. The van der Waals surface area contributed by atoms with Crippen LogP contribution >= 0.6 is 11.6 Å². The van der Waals surface area contributed by atoms with Crippen molar-refractivity contribution in [2.45, 2.75) is 0 Å². The topological polar surface area (TPSA) is 30.7 Å². The van der Waals surface area contributed by atoms with Crippen LogP contribution in [0.4, 0.5) is 0 Å². The molecule has 0 bridgehead atoms. The Bertz CT molecular complexity index is 2210. The molecule has 0 aliphatic rings. The van der Waals surface area contributed by atoms with E-state index in [0.29, 0.717) is 11.0 Å². The molecule has 2 heterocycles. The second-order valence-electron chi connectivity index (χ2n) is 9.66. The van der Waals surface area contributed by atoms with Gasteiger partial charge in [0, 0.05) is 26.7 Å². The van der Waals surface area contributed by atoms with E-state index in [9.17, 15) is 0 Å². The SMILES string of the molecule is Clc1ccc2c(c1)c1cc3ccccc3cc1n2-c1nc(-c2ccc3ccccc3c2)c2ccccc2n1. The van der Waals surface area contributed by atoms with Gasteiger partial charge in [-0.25, -0.2) is 9.97 Å². The second-order valence-corrected chi connectivity index (χ2v) is 10.1. The van der Waals surface area contributed by atoms with Gasteiger partial charge in [-0.1, -0.05) is 90.5 Å². The zero-order chi connectivity index (χ0) is 25.2. The number of hydrogen-bond acceptors (Lipinski definition) is 2. The van der Waals surface area contributed by atoms with Crippen LogP contribution in [0.2, 0.25) is 5.02 Å². The van der Waals surface area contributed by atoms with Crippen LogP contribution in [-0.4, -0.2) is 14.5 Å². The average Bonchev–Trinajstić information content (AvgIpc) is 3.27. The summed E-state index contributed by atoms with van der Waals surface area (Å²) in [5.41, 5.74) is 4.98. The Kier molecular flexibility index (Phi) is 4.58. The number of fused-ring (bicyclic) bond motifs is 6. The number of para-hydroxylation sites is 1. The van der Waals surface area contributed by atoms with Gasteiger partial charge < -0.3 is 0 Å². The molecule has 178 valence electrons. The van der Waals surface area contributed by atoms with Crippen LogP contribution in [0, 0.1) is 0 Å². The summed E-state index contributed by atoms with van der Waals surface area (Å²) in [6.07, 6.45) is 0. The zero-order valence-corrected chi connectivity index (χ0v) is 21.0. The Labute approximate surface area is 223 Å². The van der Waals surface area contributed by atoms with Crippen LogP contribution < -0.4 is 0 Å². The number of nitrogens with zero attached hydrogens (tertiary/aromatic N) is 3. The molecule has 0 unspecified atom stereocenters. The molecule has 3 nitrogen and oxygen atoms in total. The maximum atomic E-state index is 6.48. The molecule has 4 heteroatoms. The molecule has 0 aliphatic heterocycles. The number of rotatable bonds is 2. The van der Waals surface area contributed by atoms with E-state index < -0.39 is 0 Å². The molecule has 0 aliphatic carbocycles. The van der Waals surface area contributed by atoms with Crippen molar-refractivity contribution in [3.05, 3.63) is 126 Å². The number of halogens is 1. The minimum Gasteiger partial charge on any atom is -0.278 e. The first-order valence-corrected chi connectivity index (χ1v) is 13.0. The molecule has 0 atom stereocenters. The van der Waals surface area contributed by atoms with E-state index in [1.165, 1.54) is 21.5 Å². The molecule has 0 amide bonds. The van der Waals surface area contributed by atoms with Gasteiger partial charge in [0.1, 0.15) is 0 Å². The predicted molar refractivity (Wildman–Crippen MR) is 159 cm³/mol. The van der Waals surface area contributed by atoms with Crippen LogP contribution in [0.25, 0.3) is 71.5 Å². The van der Waals surface area contributed by atoms with Gasteiger partial charge in [0.2, 0.25) is 5.95 Å². The third kappa shape index (κ3) is 3.22. The molecular formula is C34H20ClN3. The molecular weight excluding hydrogens is 486 g/mol. The van der Waals surface area contributed by atoms with Gasteiger partial charge in [0.15, 0.2) is 0 Å². The monoisotopic (exact) mass is 505 g/mol. The summed E-state index contributed by atoms with van der Waals surface area (Å²) < 4.78 is 2.17. The van der Waals surface area contributed by atoms with Crippen molar-refractivity contribution in [3.63, 3.8) is 0 Å². The summed E-state index contributed by atoms with van der Waals surface area (Å²) in [7, 11) is 0. The maximum absolute atomic E-state index is 6.48. The summed E-state index contributed by atoms with van der Waals surface area (Å²) in [6, 6.07) is 42.1. The first-order chi connectivity index (χ1) is 18.7. The molecule has 8 rings (SSSR count). The van der Waals surface area contributed by atoms with Gasteiger partial charge in [0.25, 0.3) is 0 Å². The lowest BCUT2D eigenvalue weighted by Gasteiger charge is -2.12. The highest BCUT2D eigenvalue weighted by Gasteiger charge is 2.18. The van der Waals surface area contributed by atoms with Crippen molar-refractivity contribution in [1.82, 2.24) is 14.5 Å².